The molecule has 1 aliphatic rings. The molecule has 0 bridgehead atoms. The first kappa shape index (κ1) is 13.7. The third-order valence-corrected chi connectivity index (χ3v) is 8.22. The maximum atomic E-state index is 12.0. The summed E-state index contributed by atoms with van der Waals surface area (Å²) in [6.45, 7) is 0. The van der Waals surface area contributed by atoms with Gasteiger partial charge in [-0.1, -0.05) is 15.9 Å². The van der Waals surface area contributed by atoms with Crippen LogP contribution < -0.4 is 0 Å². The van der Waals surface area contributed by atoms with Gasteiger partial charge in [-0.3, -0.25) is 0 Å². The number of fused-ring (bicyclic) bond motifs is 1. The number of thioether (sulfide) groups is 1. The summed E-state index contributed by atoms with van der Waals surface area (Å²) in [5, 5.41) is 2.12. The zero-order valence-electron chi connectivity index (χ0n) is 9.87. The first-order valence-electron chi connectivity index (χ1n) is 5.79. The number of benzene rings is 1. The first-order valence-corrected chi connectivity index (χ1v) is 9.99. The van der Waals surface area contributed by atoms with Crippen LogP contribution in [0.25, 0.3) is 0 Å². The van der Waals surface area contributed by atoms with Gasteiger partial charge in [0.25, 0.3) is 0 Å². The van der Waals surface area contributed by atoms with E-state index < -0.39 is 9.84 Å². The van der Waals surface area contributed by atoms with E-state index in [1.807, 2.05) is 23.6 Å². The van der Waals surface area contributed by atoms with E-state index in [4.69, 9.17) is 0 Å². The lowest BCUT2D eigenvalue weighted by molar-refractivity contribution is 0.588. The SMILES string of the molecule is O=S1(=O)CC[C@@H](Sc2ccc(Br)cc2)c2ccsc21. The van der Waals surface area contributed by atoms with Gasteiger partial charge in [-0.2, -0.15) is 0 Å². The predicted octanol–water partition coefficient (Wildman–Crippen LogP) is 4.52. The Balaban J connectivity index is 1.90. The fourth-order valence-electron chi connectivity index (χ4n) is 2.11. The van der Waals surface area contributed by atoms with Crippen LogP contribution in [0.3, 0.4) is 0 Å². The van der Waals surface area contributed by atoms with Crippen molar-refractivity contribution in [1.29, 1.82) is 0 Å². The quantitative estimate of drug-likeness (QED) is 0.774. The van der Waals surface area contributed by atoms with E-state index in [1.54, 1.807) is 11.8 Å². The highest BCUT2D eigenvalue weighted by Crippen LogP contribution is 2.46. The molecule has 19 heavy (non-hydrogen) atoms. The molecule has 0 unspecified atom stereocenters. The Kier molecular flexibility index (Phi) is 3.77. The molecule has 0 saturated heterocycles. The maximum Gasteiger partial charge on any atom is 0.188 e. The standard InChI is InChI=1S/C13H11BrO2S3/c14-9-1-3-10(4-2-9)18-12-6-8-19(15,16)13-11(12)5-7-17-13/h1-5,7,12H,6,8H2/t12-/m1/s1. The van der Waals surface area contributed by atoms with Crippen molar-refractivity contribution >= 4 is 48.9 Å². The molecule has 0 fully saturated rings. The average Bonchev–Trinajstić information content (AvgIpc) is 2.86. The van der Waals surface area contributed by atoms with Crippen LogP contribution in [0.5, 0.6) is 0 Å². The number of sulfone groups is 1. The summed E-state index contributed by atoms with van der Waals surface area (Å²) in [6, 6.07) is 10.1. The Labute approximate surface area is 129 Å². The number of hydrogen-bond acceptors (Lipinski definition) is 4. The number of hydrogen-bond donors (Lipinski definition) is 0. The number of halogens is 1. The van der Waals surface area contributed by atoms with Gasteiger partial charge in [0, 0.05) is 14.6 Å². The Hall–Kier alpha value is -0.300. The van der Waals surface area contributed by atoms with Gasteiger partial charge in [0.2, 0.25) is 0 Å². The van der Waals surface area contributed by atoms with Crippen LogP contribution in [-0.2, 0) is 9.84 Å². The molecule has 2 nitrogen and oxygen atoms in total. The summed E-state index contributed by atoms with van der Waals surface area (Å²) in [6.07, 6.45) is 0.687. The summed E-state index contributed by atoms with van der Waals surface area (Å²) in [7, 11) is -3.03. The highest BCUT2D eigenvalue weighted by atomic mass is 79.9. The van der Waals surface area contributed by atoms with E-state index in [0.717, 1.165) is 10.0 Å². The van der Waals surface area contributed by atoms with Gasteiger partial charge in [-0.15, -0.1) is 23.1 Å². The normalized spacial score (nSPS) is 21.0. The largest absolute Gasteiger partial charge is 0.223 e. The van der Waals surface area contributed by atoms with Crippen LogP contribution in [0.2, 0.25) is 0 Å². The van der Waals surface area contributed by atoms with Crippen molar-refractivity contribution in [3.05, 3.63) is 45.7 Å². The summed E-state index contributed by atoms with van der Waals surface area (Å²) in [5.41, 5.74) is 0.976. The van der Waals surface area contributed by atoms with Crippen LogP contribution in [0.15, 0.2) is 49.3 Å². The molecule has 0 radical (unpaired) electrons. The smallest absolute Gasteiger partial charge is 0.188 e. The molecule has 0 aliphatic carbocycles. The van der Waals surface area contributed by atoms with E-state index in [-0.39, 0.29) is 11.0 Å². The topological polar surface area (TPSA) is 34.1 Å². The van der Waals surface area contributed by atoms with Crippen molar-refractivity contribution in [3.63, 3.8) is 0 Å². The molecule has 2 aromatic rings. The van der Waals surface area contributed by atoms with E-state index >= 15 is 0 Å². The molecule has 2 heterocycles. The van der Waals surface area contributed by atoms with Crippen molar-refractivity contribution in [3.8, 4) is 0 Å². The molecule has 6 heteroatoms. The molecule has 1 atom stereocenters. The third-order valence-electron chi connectivity index (χ3n) is 3.03. The Morgan fingerprint density at radius 2 is 1.95 bits per heavy atom. The van der Waals surface area contributed by atoms with Crippen LogP contribution >= 0.6 is 39.0 Å². The highest BCUT2D eigenvalue weighted by Gasteiger charge is 2.31. The lowest BCUT2D eigenvalue weighted by Gasteiger charge is -2.22. The highest BCUT2D eigenvalue weighted by molar-refractivity contribution is 9.10. The molecule has 1 aromatic heterocycles. The Morgan fingerprint density at radius 1 is 1.21 bits per heavy atom. The average molecular weight is 375 g/mol. The van der Waals surface area contributed by atoms with Crippen molar-refractivity contribution in [1.82, 2.24) is 0 Å². The molecule has 1 aromatic carbocycles. The summed E-state index contributed by atoms with van der Waals surface area (Å²) in [5.74, 6) is 0.259. The van der Waals surface area contributed by atoms with E-state index in [9.17, 15) is 8.42 Å². The molecular weight excluding hydrogens is 364 g/mol. The molecule has 0 amide bonds. The minimum absolute atomic E-state index is 0.242. The first-order chi connectivity index (χ1) is 9.06. The van der Waals surface area contributed by atoms with Gasteiger partial charge in [-0.25, -0.2) is 8.42 Å². The lowest BCUT2D eigenvalue weighted by atomic mass is 10.2. The minimum Gasteiger partial charge on any atom is -0.223 e. The lowest BCUT2D eigenvalue weighted by Crippen LogP contribution is -2.16. The fraction of sp³-hybridized carbons (Fsp3) is 0.231. The maximum absolute atomic E-state index is 12.0. The molecule has 0 spiro atoms. The monoisotopic (exact) mass is 374 g/mol. The molecule has 1 aliphatic heterocycles. The second-order valence-corrected chi connectivity index (χ2v) is 9.74. The second-order valence-electron chi connectivity index (χ2n) is 4.33. The predicted molar refractivity (Wildman–Crippen MR) is 83.7 cm³/mol. The van der Waals surface area contributed by atoms with E-state index in [1.165, 1.54) is 16.2 Å². The van der Waals surface area contributed by atoms with Gasteiger partial charge in [0.05, 0.1) is 5.75 Å². The summed E-state index contributed by atoms with van der Waals surface area (Å²) in [4.78, 5) is 1.17. The summed E-state index contributed by atoms with van der Waals surface area (Å²) < 4.78 is 25.6. The molecule has 0 N–H and O–H groups in total. The van der Waals surface area contributed by atoms with Crippen LogP contribution in [0, 0.1) is 0 Å². The van der Waals surface area contributed by atoms with Crippen LogP contribution in [-0.4, -0.2) is 14.2 Å². The minimum atomic E-state index is -3.03. The second kappa shape index (κ2) is 5.24. The number of rotatable bonds is 2. The van der Waals surface area contributed by atoms with E-state index in [2.05, 4.69) is 28.1 Å². The van der Waals surface area contributed by atoms with Crippen LogP contribution in [0.4, 0.5) is 0 Å². The molecule has 3 rings (SSSR count). The van der Waals surface area contributed by atoms with Gasteiger partial charge >= 0.3 is 0 Å². The van der Waals surface area contributed by atoms with Gasteiger partial charge in [0.15, 0.2) is 9.84 Å². The third kappa shape index (κ3) is 2.77. The zero-order valence-corrected chi connectivity index (χ0v) is 13.9. The van der Waals surface area contributed by atoms with Gasteiger partial charge in [0.1, 0.15) is 4.21 Å². The van der Waals surface area contributed by atoms with Gasteiger partial charge in [-0.05, 0) is 47.7 Å². The zero-order chi connectivity index (χ0) is 13.5. The van der Waals surface area contributed by atoms with Crippen LogP contribution in [0.1, 0.15) is 17.2 Å². The van der Waals surface area contributed by atoms with Crippen molar-refractivity contribution in [2.24, 2.45) is 0 Å². The van der Waals surface area contributed by atoms with Crippen molar-refractivity contribution < 1.29 is 8.42 Å². The molecule has 100 valence electrons. The Morgan fingerprint density at radius 3 is 2.68 bits per heavy atom. The van der Waals surface area contributed by atoms with Gasteiger partial charge < -0.3 is 0 Å². The number of thiophene rings is 1. The van der Waals surface area contributed by atoms with Crippen molar-refractivity contribution in [2.45, 2.75) is 20.8 Å². The Bertz CT molecular complexity index is 689. The molecular formula is C13H11BrO2S3. The van der Waals surface area contributed by atoms with Crippen molar-refractivity contribution in [2.75, 3.05) is 5.75 Å². The van der Waals surface area contributed by atoms with E-state index in [0.29, 0.717) is 10.6 Å². The molecule has 0 saturated carbocycles. The fourth-order valence-corrected chi connectivity index (χ4v) is 6.84. The summed E-state index contributed by atoms with van der Waals surface area (Å²) >= 11 is 6.50.